The van der Waals surface area contributed by atoms with Gasteiger partial charge in [-0.15, -0.1) is 0 Å². The molecule has 0 N–H and O–H groups in total. The lowest BCUT2D eigenvalue weighted by Crippen LogP contribution is -2.44. The lowest BCUT2D eigenvalue weighted by Gasteiger charge is -2.31. The topological polar surface area (TPSA) is 73.7 Å². The van der Waals surface area contributed by atoms with Crippen LogP contribution >= 0.6 is 11.8 Å². The maximum absolute atomic E-state index is 13.8. The van der Waals surface area contributed by atoms with Crippen LogP contribution in [0.25, 0.3) is 5.69 Å². The lowest BCUT2D eigenvalue weighted by atomic mass is 10.1. The van der Waals surface area contributed by atoms with Crippen molar-refractivity contribution < 1.29 is 32.2 Å². The number of ether oxygens (including phenoxy) is 2. The summed E-state index contributed by atoms with van der Waals surface area (Å²) in [6, 6.07) is 5.90. The SMILES string of the molecule is CCOC(=O)c1cnn(-c2ccc(C(=O)N(CC3CCCO3)C3CCSC3)cc2)c1C(F)(F)F. The molecule has 0 bridgehead atoms. The van der Waals surface area contributed by atoms with Crippen molar-refractivity contribution in [2.45, 2.75) is 44.5 Å². The number of amides is 1. The maximum atomic E-state index is 13.8. The summed E-state index contributed by atoms with van der Waals surface area (Å²) in [5.74, 6) is 0.585. The minimum absolute atomic E-state index is 0.00791. The van der Waals surface area contributed by atoms with Crippen molar-refractivity contribution in [2.24, 2.45) is 0 Å². The predicted molar refractivity (Wildman–Crippen MR) is 120 cm³/mol. The van der Waals surface area contributed by atoms with Crippen LogP contribution in [0.4, 0.5) is 13.2 Å². The van der Waals surface area contributed by atoms with E-state index in [1.54, 1.807) is 11.8 Å². The first-order valence-corrected chi connectivity index (χ1v) is 12.4. The fourth-order valence-corrected chi connectivity index (χ4v) is 5.48. The van der Waals surface area contributed by atoms with Gasteiger partial charge < -0.3 is 14.4 Å². The number of halogens is 3. The molecule has 3 heterocycles. The van der Waals surface area contributed by atoms with Crippen LogP contribution in [0.3, 0.4) is 0 Å². The summed E-state index contributed by atoms with van der Waals surface area (Å²) in [5.41, 5.74) is -1.41. The Morgan fingerprint density at radius 3 is 2.62 bits per heavy atom. The van der Waals surface area contributed by atoms with Crippen LogP contribution in [0.2, 0.25) is 0 Å². The Morgan fingerprint density at radius 1 is 1.26 bits per heavy atom. The van der Waals surface area contributed by atoms with Crippen LogP contribution in [0.15, 0.2) is 30.5 Å². The van der Waals surface area contributed by atoms with Gasteiger partial charge in [0.15, 0.2) is 5.69 Å². The van der Waals surface area contributed by atoms with Gasteiger partial charge in [0.1, 0.15) is 5.56 Å². The van der Waals surface area contributed by atoms with Crippen molar-refractivity contribution >= 4 is 23.6 Å². The quantitative estimate of drug-likeness (QED) is 0.534. The van der Waals surface area contributed by atoms with E-state index in [1.807, 2.05) is 4.90 Å². The van der Waals surface area contributed by atoms with E-state index >= 15 is 0 Å². The number of rotatable bonds is 7. The zero-order valence-electron chi connectivity index (χ0n) is 18.7. The Labute approximate surface area is 199 Å². The molecular formula is C23H26F3N3O4S. The summed E-state index contributed by atoms with van der Waals surface area (Å²) in [7, 11) is 0. The van der Waals surface area contributed by atoms with E-state index in [1.165, 1.54) is 31.2 Å². The molecular weight excluding hydrogens is 471 g/mol. The van der Waals surface area contributed by atoms with E-state index in [0.29, 0.717) is 23.4 Å². The molecule has 0 radical (unpaired) electrons. The summed E-state index contributed by atoms with van der Waals surface area (Å²) in [6.07, 6.45) is -1.19. The van der Waals surface area contributed by atoms with E-state index in [0.717, 1.165) is 37.0 Å². The number of thioether (sulfide) groups is 1. The third-order valence-corrected chi connectivity index (χ3v) is 7.07. The van der Waals surface area contributed by atoms with Crippen molar-refractivity contribution in [1.29, 1.82) is 0 Å². The number of hydrogen-bond acceptors (Lipinski definition) is 6. The Bertz CT molecular complexity index is 1010. The summed E-state index contributed by atoms with van der Waals surface area (Å²) >= 11 is 1.80. The van der Waals surface area contributed by atoms with Crippen molar-refractivity contribution in [3.05, 3.63) is 47.3 Å². The Morgan fingerprint density at radius 2 is 2.03 bits per heavy atom. The molecule has 2 aliphatic heterocycles. The maximum Gasteiger partial charge on any atom is 0.434 e. The predicted octanol–water partition coefficient (Wildman–Crippen LogP) is 4.19. The van der Waals surface area contributed by atoms with Crippen molar-refractivity contribution in [1.82, 2.24) is 14.7 Å². The first-order valence-electron chi connectivity index (χ1n) is 11.2. The second-order valence-electron chi connectivity index (χ2n) is 8.19. The number of esters is 1. The Hall–Kier alpha value is -2.53. The molecule has 2 aliphatic rings. The van der Waals surface area contributed by atoms with Gasteiger partial charge in [0.2, 0.25) is 0 Å². The minimum Gasteiger partial charge on any atom is -0.462 e. The van der Waals surface area contributed by atoms with Crippen LogP contribution in [0.1, 0.15) is 52.6 Å². The molecule has 2 saturated heterocycles. The van der Waals surface area contributed by atoms with E-state index in [-0.39, 0.29) is 30.3 Å². The summed E-state index contributed by atoms with van der Waals surface area (Å²) in [5, 5.41) is 3.78. The van der Waals surface area contributed by atoms with Gasteiger partial charge in [0.25, 0.3) is 5.91 Å². The monoisotopic (exact) mass is 497 g/mol. The van der Waals surface area contributed by atoms with Crippen LogP contribution in [0, 0.1) is 0 Å². The van der Waals surface area contributed by atoms with Gasteiger partial charge >= 0.3 is 12.1 Å². The highest BCUT2D eigenvalue weighted by atomic mass is 32.2. The zero-order valence-corrected chi connectivity index (χ0v) is 19.5. The molecule has 2 aromatic rings. The molecule has 7 nitrogen and oxygen atoms in total. The molecule has 0 spiro atoms. The number of nitrogens with zero attached hydrogens (tertiary/aromatic N) is 3. The van der Waals surface area contributed by atoms with Crippen molar-refractivity contribution in [3.8, 4) is 5.69 Å². The average Bonchev–Trinajstić information content (AvgIpc) is 3.58. The molecule has 11 heteroatoms. The van der Waals surface area contributed by atoms with Gasteiger partial charge in [-0.2, -0.15) is 30.0 Å². The molecule has 4 rings (SSSR count). The summed E-state index contributed by atoms with van der Waals surface area (Å²) < 4.78 is 52.4. The van der Waals surface area contributed by atoms with Crippen LogP contribution in [-0.2, 0) is 15.7 Å². The van der Waals surface area contributed by atoms with Crippen LogP contribution in [-0.4, -0.2) is 70.0 Å². The fraction of sp³-hybridized carbons (Fsp3) is 0.522. The lowest BCUT2D eigenvalue weighted by molar-refractivity contribution is -0.143. The number of alkyl halides is 3. The molecule has 0 aliphatic carbocycles. The standard InChI is InChI=1S/C23H26F3N3O4S/c1-2-32-22(31)19-12-27-29(20(19)23(24,25)26)16-7-5-15(6-8-16)21(30)28(17-9-11-34-14-17)13-18-4-3-10-33-18/h5-8,12,17-18H,2-4,9-11,13-14H2,1H3. The van der Waals surface area contributed by atoms with Gasteiger partial charge in [0, 0.05) is 30.5 Å². The number of carbonyl (C=O) groups excluding carboxylic acids is 2. The van der Waals surface area contributed by atoms with Gasteiger partial charge in [-0.3, -0.25) is 4.79 Å². The molecule has 34 heavy (non-hydrogen) atoms. The number of benzene rings is 1. The number of aromatic nitrogens is 2. The van der Waals surface area contributed by atoms with Gasteiger partial charge in [-0.25, -0.2) is 9.48 Å². The third kappa shape index (κ3) is 5.25. The summed E-state index contributed by atoms with van der Waals surface area (Å²) in [4.78, 5) is 27.2. The molecule has 2 unspecified atom stereocenters. The third-order valence-electron chi connectivity index (χ3n) is 5.92. The first-order chi connectivity index (χ1) is 16.3. The van der Waals surface area contributed by atoms with Gasteiger partial charge in [0.05, 0.1) is 24.6 Å². The average molecular weight is 498 g/mol. The molecule has 0 saturated carbocycles. The highest BCUT2D eigenvalue weighted by molar-refractivity contribution is 7.99. The molecule has 184 valence electrons. The highest BCUT2D eigenvalue weighted by Gasteiger charge is 2.41. The van der Waals surface area contributed by atoms with E-state index in [2.05, 4.69) is 5.10 Å². The Kier molecular flexibility index (Phi) is 7.51. The molecule has 1 aromatic heterocycles. The summed E-state index contributed by atoms with van der Waals surface area (Å²) in [6.45, 7) is 2.66. The largest absolute Gasteiger partial charge is 0.462 e. The van der Waals surface area contributed by atoms with Gasteiger partial charge in [-0.1, -0.05) is 0 Å². The van der Waals surface area contributed by atoms with E-state index < -0.39 is 23.4 Å². The molecule has 2 fully saturated rings. The van der Waals surface area contributed by atoms with Crippen LogP contribution < -0.4 is 0 Å². The second kappa shape index (κ2) is 10.4. The second-order valence-corrected chi connectivity index (χ2v) is 9.34. The van der Waals surface area contributed by atoms with Crippen LogP contribution in [0.5, 0.6) is 0 Å². The van der Waals surface area contributed by atoms with Crippen molar-refractivity contribution in [3.63, 3.8) is 0 Å². The van der Waals surface area contributed by atoms with E-state index in [9.17, 15) is 22.8 Å². The fourth-order valence-electron chi connectivity index (χ4n) is 4.26. The molecule has 1 amide bonds. The van der Waals surface area contributed by atoms with E-state index in [4.69, 9.17) is 9.47 Å². The minimum atomic E-state index is -4.83. The highest BCUT2D eigenvalue weighted by Crippen LogP contribution is 2.34. The molecule has 2 atom stereocenters. The Balaban J connectivity index is 1.60. The number of carbonyl (C=O) groups is 2. The number of hydrogen-bond donors (Lipinski definition) is 0. The van der Waals surface area contributed by atoms with Gasteiger partial charge in [-0.05, 0) is 56.2 Å². The first kappa shape index (κ1) is 24.6. The smallest absolute Gasteiger partial charge is 0.434 e. The normalized spacial score (nSPS) is 20.5. The zero-order chi connectivity index (χ0) is 24.3. The molecule has 1 aromatic carbocycles. The van der Waals surface area contributed by atoms with Crippen molar-refractivity contribution in [2.75, 3.05) is 31.3 Å².